The van der Waals surface area contributed by atoms with E-state index in [9.17, 15) is 9.59 Å². The molecule has 0 aromatic heterocycles. The molecule has 1 aliphatic rings. The van der Waals surface area contributed by atoms with E-state index < -0.39 is 11.2 Å². The highest BCUT2D eigenvalue weighted by atomic mass is 32.2. The topological polar surface area (TPSA) is 100 Å². The highest BCUT2D eigenvalue weighted by Gasteiger charge is 2.32. The van der Waals surface area contributed by atoms with Gasteiger partial charge in [0.1, 0.15) is 17.6 Å². The first-order valence-electron chi connectivity index (χ1n) is 10.2. The summed E-state index contributed by atoms with van der Waals surface area (Å²) in [6, 6.07) is 25.6. The third-order valence-corrected chi connectivity index (χ3v) is 5.93. The van der Waals surface area contributed by atoms with Gasteiger partial charge >= 0.3 is 5.97 Å². The molecule has 4 rings (SSSR count). The number of carboxylic acid groups (broad SMARTS) is 1. The predicted molar refractivity (Wildman–Crippen MR) is 129 cm³/mol. The van der Waals surface area contributed by atoms with Gasteiger partial charge < -0.3 is 15.2 Å². The van der Waals surface area contributed by atoms with Crippen molar-refractivity contribution >= 4 is 35.0 Å². The van der Waals surface area contributed by atoms with Crippen molar-refractivity contribution < 1.29 is 19.4 Å². The maximum Gasteiger partial charge on any atom is 0.305 e. The molecule has 1 heterocycles. The summed E-state index contributed by atoms with van der Waals surface area (Å²) in [5.41, 5.74) is 3.94. The Morgan fingerprint density at radius 1 is 1.03 bits per heavy atom. The third kappa shape index (κ3) is 6.08. The molecule has 0 spiro atoms. The Labute approximate surface area is 195 Å². The van der Waals surface area contributed by atoms with Crippen LogP contribution in [0.15, 0.2) is 89.1 Å². The van der Waals surface area contributed by atoms with E-state index in [1.165, 1.54) is 0 Å². The third-order valence-electron chi connectivity index (χ3n) is 4.86. The molecule has 0 aliphatic carbocycles. The summed E-state index contributed by atoms with van der Waals surface area (Å²) in [6.45, 7) is 0.506. The summed E-state index contributed by atoms with van der Waals surface area (Å²) >= 11 is 1.07. The average molecular weight is 460 g/mol. The number of hydrogen-bond donors (Lipinski definition) is 2. The smallest absolute Gasteiger partial charge is 0.305 e. The molecule has 1 unspecified atom stereocenters. The summed E-state index contributed by atoms with van der Waals surface area (Å²) in [5, 5.41) is 19.2. The summed E-state index contributed by atoms with van der Waals surface area (Å²) < 4.78 is 5.86. The van der Waals surface area contributed by atoms with Crippen LogP contribution in [0.25, 0.3) is 11.1 Å². The molecule has 3 aromatic carbocycles. The molecule has 0 radical (unpaired) electrons. The molecule has 0 bridgehead atoms. The number of thioether (sulfide) groups is 1. The van der Waals surface area contributed by atoms with Gasteiger partial charge in [-0.3, -0.25) is 9.59 Å². The van der Waals surface area contributed by atoms with E-state index in [2.05, 4.69) is 15.5 Å². The fraction of sp³-hybridized carbons (Fsp3) is 0.120. The van der Waals surface area contributed by atoms with Crippen LogP contribution in [-0.2, 0) is 16.2 Å². The van der Waals surface area contributed by atoms with E-state index in [1.807, 2.05) is 78.9 Å². The van der Waals surface area contributed by atoms with Crippen molar-refractivity contribution in [1.82, 2.24) is 5.32 Å². The molecule has 1 atom stereocenters. The zero-order chi connectivity index (χ0) is 23.0. The van der Waals surface area contributed by atoms with Crippen LogP contribution in [0.4, 0.5) is 0 Å². The minimum Gasteiger partial charge on any atom is -0.489 e. The van der Waals surface area contributed by atoms with Crippen molar-refractivity contribution in [3.8, 4) is 16.9 Å². The first kappa shape index (κ1) is 22.3. The molecule has 2 N–H and O–H groups in total. The molecular formula is C25H21N3O4S. The van der Waals surface area contributed by atoms with Crippen molar-refractivity contribution in [2.75, 3.05) is 0 Å². The van der Waals surface area contributed by atoms with E-state index in [4.69, 9.17) is 9.84 Å². The second-order valence-corrected chi connectivity index (χ2v) is 8.42. The Bertz CT molecular complexity index is 1190. The largest absolute Gasteiger partial charge is 0.489 e. The van der Waals surface area contributed by atoms with Gasteiger partial charge in [-0.1, -0.05) is 78.5 Å². The molecule has 7 nitrogen and oxygen atoms in total. The van der Waals surface area contributed by atoms with Crippen LogP contribution in [-0.4, -0.2) is 33.6 Å². The number of ether oxygens (including phenoxy) is 1. The minimum atomic E-state index is -1.03. The van der Waals surface area contributed by atoms with E-state index in [-0.39, 0.29) is 12.3 Å². The van der Waals surface area contributed by atoms with E-state index >= 15 is 0 Å². The number of hydrogen-bond acceptors (Lipinski definition) is 6. The summed E-state index contributed by atoms with van der Waals surface area (Å²) in [6.07, 6.45) is 1.35. The van der Waals surface area contributed by atoms with Gasteiger partial charge in [0.2, 0.25) is 5.91 Å². The maximum atomic E-state index is 11.8. The number of carbonyl (C=O) groups excluding carboxylic acids is 1. The lowest BCUT2D eigenvalue weighted by Gasteiger charge is -2.09. The van der Waals surface area contributed by atoms with E-state index in [1.54, 1.807) is 6.21 Å². The Hall–Kier alpha value is -3.91. The normalized spacial score (nSPS) is 16.8. The van der Waals surface area contributed by atoms with Gasteiger partial charge in [-0.15, -0.1) is 5.10 Å². The van der Waals surface area contributed by atoms with Crippen LogP contribution >= 0.6 is 11.8 Å². The number of carbonyl (C=O) groups is 2. The Kier molecular flexibility index (Phi) is 7.16. The predicted octanol–water partition coefficient (Wildman–Crippen LogP) is 4.33. The minimum absolute atomic E-state index is 0.257. The number of aliphatic carboxylic acids is 1. The molecule has 1 aliphatic heterocycles. The lowest BCUT2D eigenvalue weighted by Crippen LogP contribution is -2.26. The fourth-order valence-corrected chi connectivity index (χ4v) is 4.15. The van der Waals surface area contributed by atoms with Crippen molar-refractivity contribution in [3.63, 3.8) is 0 Å². The average Bonchev–Trinajstić information content (AvgIpc) is 3.17. The lowest BCUT2D eigenvalue weighted by atomic mass is 10.0. The van der Waals surface area contributed by atoms with Gasteiger partial charge in [-0.05, 0) is 28.8 Å². The highest BCUT2D eigenvalue weighted by Crippen LogP contribution is 2.26. The molecule has 8 heteroatoms. The zero-order valence-electron chi connectivity index (χ0n) is 17.5. The molecule has 1 fully saturated rings. The van der Waals surface area contributed by atoms with Crippen molar-refractivity contribution in [2.24, 2.45) is 10.2 Å². The standard InChI is InChI=1S/C25H21N3O4S/c29-23(30)14-22-24(31)27-25(33-22)28-26-15-19-8-4-5-9-21(19)18-10-12-20(13-11-18)32-16-17-6-2-1-3-7-17/h1-13,15,22H,14,16H2,(H,29,30)(H,27,28,31). The number of carboxylic acids is 1. The van der Waals surface area contributed by atoms with Gasteiger partial charge in [-0.25, -0.2) is 0 Å². The van der Waals surface area contributed by atoms with Gasteiger partial charge in [0.25, 0.3) is 0 Å². The Morgan fingerprint density at radius 2 is 1.76 bits per heavy atom. The van der Waals surface area contributed by atoms with Crippen LogP contribution in [0.2, 0.25) is 0 Å². The quantitative estimate of drug-likeness (QED) is 0.386. The SMILES string of the molecule is O=C(O)CC1SC(=NN=Cc2ccccc2-c2ccc(OCc3ccccc3)cc2)NC1=O. The highest BCUT2D eigenvalue weighted by molar-refractivity contribution is 8.15. The summed E-state index contributed by atoms with van der Waals surface area (Å²) in [4.78, 5) is 22.6. The van der Waals surface area contributed by atoms with Crippen LogP contribution in [0.3, 0.4) is 0 Å². The van der Waals surface area contributed by atoms with Gasteiger partial charge in [-0.2, -0.15) is 5.10 Å². The van der Waals surface area contributed by atoms with E-state index in [0.717, 1.165) is 39.8 Å². The Morgan fingerprint density at radius 3 is 2.52 bits per heavy atom. The molecule has 0 saturated carbocycles. The summed E-state index contributed by atoms with van der Waals surface area (Å²) in [7, 11) is 0. The number of nitrogens with one attached hydrogen (secondary N) is 1. The lowest BCUT2D eigenvalue weighted by molar-refractivity contribution is -0.138. The van der Waals surface area contributed by atoms with Gasteiger partial charge in [0, 0.05) is 5.56 Å². The second-order valence-electron chi connectivity index (χ2n) is 7.23. The molecule has 1 amide bonds. The van der Waals surface area contributed by atoms with Crippen LogP contribution in [0, 0.1) is 0 Å². The van der Waals surface area contributed by atoms with Gasteiger partial charge in [0.05, 0.1) is 12.6 Å². The van der Waals surface area contributed by atoms with Crippen molar-refractivity contribution in [2.45, 2.75) is 18.3 Å². The molecule has 33 heavy (non-hydrogen) atoms. The first-order valence-corrected chi connectivity index (χ1v) is 11.1. The monoisotopic (exact) mass is 459 g/mol. The van der Waals surface area contributed by atoms with Crippen LogP contribution < -0.4 is 10.1 Å². The second kappa shape index (κ2) is 10.6. The van der Waals surface area contributed by atoms with Crippen LogP contribution in [0.1, 0.15) is 17.5 Å². The van der Waals surface area contributed by atoms with Crippen LogP contribution in [0.5, 0.6) is 5.75 Å². The van der Waals surface area contributed by atoms with Crippen molar-refractivity contribution in [1.29, 1.82) is 0 Å². The Balaban J connectivity index is 1.43. The molecule has 3 aromatic rings. The van der Waals surface area contributed by atoms with Crippen molar-refractivity contribution in [3.05, 3.63) is 90.0 Å². The number of benzene rings is 3. The molecule has 1 saturated heterocycles. The summed E-state index contributed by atoms with van der Waals surface area (Å²) in [5.74, 6) is -0.616. The molecule has 166 valence electrons. The zero-order valence-corrected chi connectivity index (χ0v) is 18.4. The van der Waals surface area contributed by atoms with Gasteiger partial charge in [0.15, 0.2) is 5.17 Å². The number of nitrogens with zero attached hydrogens (tertiary/aromatic N) is 2. The first-order chi connectivity index (χ1) is 16.1. The number of amides is 1. The van der Waals surface area contributed by atoms with E-state index in [0.29, 0.717) is 11.8 Å². The fourth-order valence-electron chi connectivity index (χ4n) is 3.23. The maximum absolute atomic E-state index is 11.8. The number of rotatable bonds is 8. The number of amidine groups is 1. The molecular weight excluding hydrogens is 438 g/mol.